The first-order valence-corrected chi connectivity index (χ1v) is 8.91. The largest absolute Gasteiger partial charge is 0.319 e. The van der Waals surface area contributed by atoms with Crippen molar-refractivity contribution in [3.63, 3.8) is 0 Å². The van der Waals surface area contributed by atoms with E-state index in [1.807, 2.05) is 12.2 Å². The molecule has 1 amide bonds. The van der Waals surface area contributed by atoms with E-state index in [4.69, 9.17) is 0 Å². The van der Waals surface area contributed by atoms with Gasteiger partial charge in [-0.15, -0.1) is 0 Å². The summed E-state index contributed by atoms with van der Waals surface area (Å²) < 4.78 is 36.8. The van der Waals surface area contributed by atoms with Gasteiger partial charge < -0.3 is 5.32 Å². The van der Waals surface area contributed by atoms with Crippen LogP contribution in [0.4, 0.5) is 10.1 Å². The van der Waals surface area contributed by atoms with Gasteiger partial charge >= 0.3 is 0 Å². The van der Waals surface area contributed by atoms with Crippen LogP contribution in [0.2, 0.25) is 0 Å². The number of rotatable bonds is 3. The Balaban J connectivity index is 1.61. The maximum absolute atomic E-state index is 14.0. The van der Waals surface area contributed by atoms with Gasteiger partial charge in [0.2, 0.25) is 0 Å². The molecule has 23 heavy (non-hydrogen) atoms. The van der Waals surface area contributed by atoms with Gasteiger partial charge in [0.1, 0.15) is 5.82 Å². The van der Waals surface area contributed by atoms with Gasteiger partial charge in [-0.25, -0.2) is 12.8 Å². The average Bonchev–Trinajstić information content (AvgIpc) is 2.95. The maximum Gasteiger partial charge on any atom is 0.256 e. The van der Waals surface area contributed by atoms with Gasteiger partial charge in [0.05, 0.1) is 10.6 Å². The minimum absolute atomic E-state index is 0.0409. The van der Waals surface area contributed by atoms with Gasteiger partial charge in [-0.3, -0.25) is 4.79 Å². The molecule has 4 nitrogen and oxygen atoms in total. The first-order valence-electron chi connectivity index (χ1n) is 7.02. The number of hydrogen-bond donors (Lipinski definition) is 1. The molecule has 0 aromatic heterocycles. The number of fused-ring (bicyclic) bond motifs is 2. The van der Waals surface area contributed by atoms with E-state index in [0.717, 1.165) is 29.9 Å². The molecule has 0 unspecified atom stereocenters. The highest BCUT2D eigenvalue weighted by Crippen LogP contribution is 2.51. The molecule has 1 aromatic rings. The summed E-state index contributed by atoms with van der Waals surface area (Å²) in [5, 5.41) is 2.50. The van der Waals surface area contributed by atoms with Crippen molar-refractivity contribution in [2.75, 3.05) is 11.6 Å². The van der Waals surface area contributed by atoms with E-state index in [0.29, 0.717) is 5.57 Å². The summed E-state index contributed by atoms with van der Waals surface area (Å²) in [5.41, 5.74) is 4.96. The number of allylic oxidation sites excluding steroid dienone is 6. The van der Waals surface area contributed by atoms with Crippen LogP contribution in [-0.2, 0) is 14.6 Å². The molecular weight excluding hydrogens is 317 g/mol. The molecule has 3 aliphatic rings. The molecule has 0 aliphatic heterocycles. The Bertz CT molecular complexity index is 1010. The summed E-state index contributed by atoms with van der Waals surface area (Å²) in [6.45, 7) is 0. The molecule has 1 N–H and O–H groups in total. The van der Waals surface area contributed by atoms with Crippen LogP contribution in [-0.4, -0.2) is 20.6 Å². The summed E-state index contributed by atoms with van der Waals surface area (Å²) in [5.74, 6) is -1.18. The zero-order chi connectivity index (χ0) is 16.4. The van der Waals surface area contributed by atoms with Crippen molar-refractivity contribution in [3.05, 3.63) is 70.1 Å². The number of sulfone groups is 1. The minimum Gasteiger partial charge on any atom is -0.319 e. The van der Waals surface area contributed by atoms with Crippen molar-refractivity contribution >= 4 is 21.4 Å². The molecule has 0 atom stereocenters. The molecule has 4 rings (SSSR count). The number of halogens is 1. The summed E-state index contributed by atoms with van der Waals surface area (Å²) in [7, 11) is -3.49. The maximum atomic E-state index is 14.0. The second-order valence-corrected chi connectivity index (χ2v) is 7.78. The summed E-state index contributed by atoms with van der Waals surface area (Å²) >= 11 is 0. The number of nitrogens with one attached hydrogen (secondary N) is 1. The van der Waals surface area contributed by atoms with Crippen LogP contribution >= 0.6 is 0 Å². The molecule has 116 valence electrons. The lowest BCUT2D eigenvalue weighted by Crippen LogP contribution is -2.15. The third-order valence-corrected chi connectivity index (χ3v) is 5.24. The van der Waals surface area contributed by atoms with E-state index < -0.39 is 21.6 Å². The van der Waals surface area contributed by atoms with E-state index in [1.165, 1.54) is 23.3 Å². The second-order valence-electron chi connectivity index (χ2n) is 5.77. The molecule has 6 heteroatoms. The minimum atomic E-state index is -3.49. The molecule has 0 radical (unpaired) electrons. The Morgan fingerprint density at radius 2 is 2.00 bits per heavy atom. The SMILES string of the molecule is CS(=O)(=O)c1ccc(NC(=O)C2=C3C=C4CC4=C3C=C2)c(F)c1. The molecule has 3 aliphatic carbocycles. The molecule has 1 saturated carbocycles. The predicted molar refractivity (Wildman–Crippen MR) is 84.0 cm³/mol. The third-order valence-electron chi connectivity index (χ3n) is 4.13. The standard InChI is InChI=1S/C17H12FNO3S/c1-23(21,22)10-2-5-16(15(18)8-10)19-17(20)12-4-3-11-13-6-9(13)7-14(11)12/h2-5,7-8H,6H2,1H3,(H,19,20). The van der Waals surface area contributed by atoms with Crippen molar-refractivity contribution in [2.24, 2.45) is 0 Å². The van der Waals surface area contributed by atoms with Crippen molar-refractivity contribution < 1.29 is 17.6 Å². The fourth-order valence-corrected chi connectivity index (χ4v) is 3.49. The number of amides is 1. The Kier molecular flexibility index (Phi) is 2.78. The van der Waals surface area contributed by atoms with Gasteiger partial charge in [-0.2, -0.15) is 0 Å². The van der Waals surface area contributed by atoms with E-state index in [-0.39, 0.29) is 10.6 Å². The first-order chi connectivity index (χ1) is 10.8. The second kappa shape index (κ2) is 4.52. The van der Waals surface area contributed by atoms with E-state index in [2.05, 4.69) is 5.32 Å². The van der Waals surface area contributed by atoms with Crippen LogP contribution in [0.5, 0.6) is 0 Å². The summed E-state index contributed by atoms with van der Waals surface area (Å²) in [6.07, 6.45) is 7.60. The highest BCUT2D eigenvalue weighted by Gasteiger charge is 2.35. The van der Waals surface area contributed by atoms with E-state index in [1.54, 1.807) is 6.08 Å². The van der Waals surface area contributed by atoms with Crippen molar-refractivity contribution in [1.82, 2.24) is 0 Å². The third kappa shape index (κ3) is 2.26. The number of anilines is 1. The Morgan fingerprint density at radius 1 is 1.22 bits per heavy atom. The van der Waals surface area contributed by atoms with Crippen LogP contribution in [0.1, 0.15) is 6.42 Å². The molecule has 0 heterocycles. The zero-order valence-electron chi connectivity index (χ0n) is 12.2. The summed E-state index contributed by atoms with van der Waals surface area (Å²) in [6, 6.07) is 3.45. The van der Waals surface area contributed by atoms with Crippen LogP contribution in [0.15, 0.2) is 69.2 Å². The van der Waals surface area contributed by atoms with Crippen LogP contribution in [0.25, 0.3) is 0 Å². The van der Waals surface area contributed by atoms with E-state index in [9.17, 15) is 17.6 Å². The number of carbonyl (C=O) groups is 1. The van der Waals surface area contributed by atoms with E-state index >= 15 is 0 Å². The Labute approximate surface area is 132 Å². The molecule has 1 aromatic carbocycles. The summed E-state index contributed by atoms with van der Waals surface area (Å²) in [4.78, 5) is 12.2. The average molecular weight is 329 g/mol. The van der Waals surface area contributed by atoms with Gasteiger partial charge in [0.25, 0.3) is 5.91 Å². The van der Waals surface area contributed by atoms with Crippen molar-refractivity contribution in [3.8, 4) is 0 Å². The van der Waals surface area contributed by atoms with Gasteiger partial charge in [-0.05, 0) is 59.1 Å². The Hall–Kier alpha value is -2.47. The molecule has 0 bridgehead atoms. The van der Waals surface area contributed by atoms with Gasteiger partial charge in [0.15, 0.2) is 9.84 Å². The smallest absolute Gasteiger partial charge is 0.256 e. The van der Waals surface area contributed by atoms with Crippen molar-refractivity contribution in [2.45, 2.75) is 11.3 Å². The van der Waals surface area contributed by atoms with Gasteiger partial charge in [0, 0.05) is 11.8 Å². The molecule has 0 saturated heterocycles. The lowest BCUT2D eigenvalue weighted by molar-refractivity contribution is -0.112. The number of hydrogen-bond acceptors (Lipinski definition) is 3. The number of carbonyl (C=O) groups excluding carboxylic acids is 1. The first kappa shape index (κ1) is 14.1. The molecular formula is C17H12FNO3S. The topological polar surface area (TPSA) is 63.2 Å². The highest BCUT2D eigenvalue weighted by atomic mass is 32.2. The number of benzene rings is 1. The predicted octanol–water partition coefficient (Wildman–Crippen LogP) is 2.67. The fourth-order valence-electron chi connectivity index (χ4n) is 2.85. The van der Waals surface area contributed by atoms with Crippen LogP contribution in [0, 0.1) is 5.82 Å². The monoisotopic (exact) mass is 329 g/mol. The molecule has 0 spiro atoms. The van der Waals surface area contributed by atoms with Crippen LogP contribution < -0.4 is 5.32 Å². The van der Waals surface area contributed by atoms with Crippen molar-refractivity contribution in [1.29, 1.82) is 0 Å². The normalized spacial score (nSPS) is 18.1. The lowest BCUT2D eigenvalue weighted by Gasteiger charge is -2.08. The highest BCUT2D eigenvalue weighted by molar-refractivity contribution is 7.90. The van der Waals surface area contributed by atoms with Gasteiger partial charge in [-0.1, -0.05) is 6.08 Å². The Morgan fingerprint density at radius 3 is 2.70 bits per heavy atom. The quantitative estimate of drug-likeness (QED) is 0.927. The molecule has 1 fully saturated rings. The fraction of sp³-hybridized carbons (Fsp3) is 0.118. The zero-order valence-corrected chi connectivity index (χ0v) is 13.0. The lowest BCUT2D eigenvalue weighted by atomic mass is 10.1. The van der Waals surface area contributed by atoms with Crippen LogP contribution in [0.3, 0.4) is 0 Å².